The minimum Gasteiger partial charge on any atom is -0.334 e. The van der Waals surface area contributed by atoms with Crippen LogP contribution in [0.25, 0.3) is 0 Å². The first-order valence-corrected chi connectivity index (χ1v) is 9.08. The Morgan fingerprint density at radius 3 is 2.84 bits per heavy atom. The number of nitrogens with one attached hydrogen (secondary N) is 2. The van der Waals surface area contributed by atoms with E-state index in [0.29, 0.717) is 30.0 Å². The summed E-state index contributed by atoms with van der Waals surface area (Å²) in [5.41, 5.74) is 0.747. The van der Waals surface area contributed by atoms with Crippen LogP contribution in [0.4, 0.5) is 22.4 Å². The van der Waals surface area contributed by atoms with Gasteiger partial charge in [-0.25, -0.2) is 9.18 Å². The zero-order valence-corrected chi connectivity index (χ0v) is 14.2. The molecule has 138 valence electrons. The number of carbonyl (C=O) groups is 1. The molecule has 25 heavy (non-hydrogen) atoms. The van der Waals surface area contributed by atoms with Crippen LogP contribution in [0.3, 0.4) is 0 Å². The Hall–Kier alpha value is -1.48. The molecular weight excluding hydrogens is 358 g/mol. The minimum absolute atomic E-state index is 0.179. The van der Waals surface area contributed by atoms with Crippen molar-refractivity contribution in [2.45, 2.75) is 36.0 Å². The second-order valence-corrected chi connectivity index (χ2v) is 7.41. The topological polar surface area (TPSA) is 44.4 Å². The molecule has 1 aromatic rings. The van der Waals surface area contributed by atoms with E-state index in [-0.39, 0.29) is 24.4 Å². The predicted octanol–water partition coefficient (Wildman–Crippen LogP) is 3.30. The van der Waals surface area contributed by atoms with Gasteiger partial charge in [-0.3, -0.25) is 4.90 Å². The van der Waals surface area contributed by atoms with E-state index < -0.39 is 18.8 Å². The first-order chi connectivity index (χ1) is 11.8. The largest absolute Gasteiger partial charge is 0.401 e. The van der Waals surface area contributed by atoms with Crippen LogP contribution in [0.5, 0.6) is 0 Å². The van der Waals surface area contributed by atoms with E-state index in [2.05, 4.69) is 10.6 Å². The fraction of sp³-hybridized carbons (Fsp3) is 0.562. The normalized spacial score (nSPS) is 24.0. The van der Waals surface area contributed by atoms with E-state index in [9.17, 15) is 22.4 Å². The molecule has 2 N–H and O–H groups in total. The highest BCUT2D eigenvalue weighted by Crippen LogP contribution is 2.37. The zero-order chi connectivity index (χ0) is 18.0. The van der Waals surface area contributed by atoms with Crippen LogP contribution in [0.2, 0.25) is 0 Å². The van der Waals surface area contributed by atoms with Crippen LogP contribution >= 0.6 is 11.8 Å². The molecule has 0 radical (unpaired) electrons. The summed E-state index contributed by atoms with van der Waals surface area (Å²) in [7, 11) is 0. The fourth-order valence-electron chi connectivity index (χ4n) is 3.27. The molecular formula is C16H19F4N3OS. The number of alkyl halides is 3. The van der Waals surface area contributed by atoms with E-state index in [1.54, 1.807) is 12.1 Å². The van der Waals surface area contributed by atoms with Crippen LogP contribution in [-0.4, -0.2) is 48.5 Å². The number of hydrogen-bond donors (Lipinski definition) is 2. The van der Waals surface area contributed by atoms with E-state index in [1.807, 2.05) is 0 Å². The van der Waals surface area contributed by atoms with Crippen molar-refractivity contribution in [3.05, 3.63) is 29.6 Å². The molecule has 2 atom stereocenters. The Morgan fingerprint density at radius 1 is 1.28 bits per heavy atom. The van der Waals surface area contributed by atoms with Gasteiger partial charge in [0.2, 0.25) is 0 Å². The van der Waals surface area contributed by atoms with Crippen molar-refractivity contribution < 1.29 is 22.4 Å². The maximum absolute atomic E-state index is 13.8. The summed E-state index contributed by atoms with van der Waals surface area (Å²) in [6.07, 6.45) is -3.07. The SMILES string of the molecule is O=C(NC1CCN(CC(F)(F)F)C1)NC1CCSc2c(F)cccc21. The molecule has 1 fully saturated rings. The third kappa shape index (κ3) is 4.78. The molecule has 9 heteroatoms. The smallest absolute Gasteiger partial charge is 0.334 e. The quantitative estimate of drug-likeness (QED) is 0.795. The number of benzene rings is 1. The van der Waals surface area contributed by atoms with Gasteiger partial charge < -0.3 is 10.6 Å². The lowest BCUT2D eigenvalue weighted by Crippen LogP contribution is -2.45. The van der Waals surface area contributed by atoms with Crippen LogP contribution in [0.1, 0.15) is 24.4 Å². The maximum Gasteiger partial charge on any atom is 0.401 e. The molecule has 0 aromatic heterocycles. The van der Waals surface area contributed by atoms with Gasteiger partial charge in [0, 0.05) is 29.8 Å². The van der Waals surface area contributed by atoms with Crippen molar-refractivity contribution in [1.29, 1.82) is 0 Å². The third-order valence-electron chi connectivity index (χ3n) is 4.34. The Labute approximate surface area is 147 Å². The molecule has 1 aromatic carbocycles. The second kappa shape index (κ2) is 7.41. The summed E-state index contributed by atoms with van der Waals surface area (Å²) in [4.78, 5) is 14.0. The molecule has 2 aliphatic heterocycles. The Kier molecular flexibility index (Phi) is 5.43. The summed E-state index contributed by atoms with van der Waals surface area (Å²) in [5, 5.41) is 5.55. The van der Waals surface area contributed by atoms with Gasteiger partial charge in [0.05, 0.1) is 12.6 Å². The lowest BCUT2D eigenvalue weighted by molar-refractivity contribution is -0.143. The lowest BCUT2D eigenvalue weighted by Gasteiger charge is -2.27. The first kappa shape index (κ1) is 18.3. The number of hydrogen-bond acceptors (Lipinski definition) is 3. The first-order valence-electron chi connectivity index (χ1n) is 8.09. The van der Waals surface area contributed by atoms with Crippen LogP contribution in [-0.2, 0) is 0 Å². The number of urea groups is 1. The summed E-state index contributed by atoms with van der Waals surface area (Å²) in [6, 6.07) is 3.76. The standard InChI is InChI=1S/C16H19F4N3OS/c17-12-3-1-2-11-13(5-7-25-14(11)12)22-15(24)21-10-4-6-23(8-10)9-16(18,19)20/h1-3,10,13H,4-9H2,(H2,21,22,24). The molecule has 0 saturated carbocycles. The molecule has 0 aliphatic carbocycles. The van der Waals surface area contributed by atoms with Crippen molar-refractivity contribution in [1.82, 2.24) is 15.5 Å². The highest BCUT2D eigenvalue weighted by Gasteiger charge is 2.35. The van der Waals surface area contributed by atoms with Gasteiger partial charge in [-0.15, -0.1) is 11.8 Å². The molecule has 4 nitrogen and oxygen atoms in total. The highest BCUT2D eigenvalue weighted by molar-refractivity contribution is 7.99. The molecule has 2 amide bonds. The summed E-state index contributed by atoms with van der Waals surface area (Å²) in [6.45, 7) is -0.476. The van der Waals surface area contributed by atoms with Crippen LogP contribution in [0, 0.1) is 5.82 Å². The van der Waals surface area contributed by atoms with Gasteiger partial charge >= 0.3 is 12.2 Å². The predicted molar refractivity (Wildman–Crippen MR) is 87.0 cm³/mol. The average Bonchev–Trinajstić information content (AvgIpc) is 2.93. The number of amides is 2. The average molecular weight is 377 g/mol. The summed E-state index contributed by atoms with van der Waals surface area (Å²) < 4.78 is 51.1. The number of rotatable bonds is 3. The van der Waals surface area contributed by atoms with Crippen molar-refractivity contribution in [2.75, 3.05) is 25.4 Å². The van der Waals surface area contributed by atoms with Gasteiger partial charge in [-0.05, 0) is 24.5 Å². The molecule has 2 heterocycles. The van der Waals surface area contributed by atoms with Gasteiger partial charge in [0.1, 0.15) is 5.82 Å². The third-order valence-corrected chi connectivity index (χ3v) is 5.50. The number of thioether (sulfide) groups is 1. The number of likely N-dealkylation sites (tertiary alicyclic amines) is 1. The molecule has 0 spiro atoms. The lowest BCUT2D eigenvalue weighted by atomic mass is 10.0. The monoisotopic (exact) mass is 377 g/mol. The summed E-state index contributed by atoms with van der Waals surface area (Å²) >= 11 is 1.42. The second-order valence-electron chi connectivity index (χ2n) is 6.30. The van der Waals surface area contributed by atoms with Crippen LogP contribution in [0.15, 0.2) is 23.1 Å². The van der Waals surface area contributed by atoms with E-state index in [1.165, 1.54) is 22.7 Å². The Bertz CT molecular complexity index is 640. The van der Waals surface area contributed by atoms with E-state index in [0.717, 1.165) is 5.56 Å². The van der Waals surface area contributed by atoms with Gasteiger partial charge in [0.15, 0.2) is 0 Å². The van der Waals surface area contributed by atoms with E-state index >= 15 is 0 Å². The van der Waals surface area contributed by atoms with E-state index in [4.69, 9.17) is 0 Å². The molecule has 2 aliphatic rings. The molecule has 2 unspecified atom stereocenters. The van der Waals surface area contributed by atoms with Gasteiger partial charge in [-0.1, -0.05) is 12.1 Å². The number of nitrogens with zero attached hydrogens (tertiary/aromatic N) is 1. The van der Waals surface area contributed by atoms with Crippen molar-refractivity contribution in [2.24, 2.45) is 0 Å². The minimum atomic E-state index is -4.23. The molecule has 0 bridgehead atoms. The number of carbonyl (C=O) groups excluding carboxylic acids is 1. The van der Waals surface area contributed by atoms with Gasteiger partial charge in [0.25, 0.3) is 0 Å². The molecule has 3 rings (SSSR count). The van der Waals surface area contributed by atoms with Gasteiger partial charge in [-0.2, -0.15) is 13.2 Å². The maximum atomic E-state index is 13.8. The zero-order valence-electron chi connectivity index (χ0n) is 13.4. The summed E-state index contributed by atoms with van der Waals surface area (Å²) in [5.74, 6) is 0.398. The van der Waals surface area contributed by atoms with Crippen molar-refractivity contribution in [3.63, 3.8) is 0 Å². The van der Waals surface area contributed by atoms with Crippen molar-refractivity contribution in [3.8, 4) is 0 Å². The Morgan fingerprint density at radius 2 is 2.08 bits per heavy atom. The fourth-order valence-corrected chi connectivity index (χ4v) is 4.41. The van der Waals surface area contributed by atoms with Crippen molar-refractivity contribution >= 4 is 17.8 Å². The molecule has 1 saturated heterocycles. The number of fused-ring (bicyclic) bond motifs is 1. The Balaban J connectivity index is 1.54. The number of halogens is 4. The van der Waals surface area contributed by atoms with Crippen LogP contribution < -0.4 is 10.6 Å². The highest BCUT2D eigenvalue weighted by atomic mass is 32.2.